The van der Waals surface area contributed by atoms with Crippen molar-refractivity contribution in [2.45, 2.75) is 20.4 Å². The van der Waals surface area contributed by atoms with E-state index in [4.69, 9.17) is 9.47 Å². The smallest absolute Gasteiger partial charge is 0.191 e. The molecule has 1 saturated heterocycles. The lowest BCUT2D eigenvalue weighted by atomic mass is 10.1. The minimum absolute atomic E-state index is 0.548. The lowest BCUT2D eigenvalue weighted by molar-refractivity contribution is 0.0320. The van der Waals surface area contributed by atoms with Crippen LogP contribution in [0.3, 0.4) is 0 Å². The summed E-state index contributed by atoms with van der Waals surface area (Å²) in [5.41, 5.74) is 1.13. The normalized spacial score (nSPS) is 17.2. The van der Waals surface area contributed by atoms with Crippen molar-refractivity contribution >= 4 is 5.96 Å². The zero-order valence-electron chi connectivity index (χ0n) is 15.8. The molecule has 140 valence electrons. The molecule has 1 fully saturated rings. The first-order valence-electron chi connectivity index (χ1n) is 9.18. The van der Waals surface area contributed by atoms with Crippen LogP contribution in [0.4, 0.5) is 0 Å². The molecule has 25 heavy (non-hydrogen) atoms. The Morgan fingerprint density at radius 1 is 1.28 bits per heavy atom. The maximum atomic E-state index is 5.67. The molecular weight excluding hydrogens is 316 g/mol. The summed E-state index contributed by atoms with van der Waals surface area (Å²) in [6, 6.07) is 8.10. The van der Waals surface area contributed by atoms with Crippen LogP contribution < -0.4 is 15.4 Å². The molecule has 6 heteroatoms. The third kappa shape index (κ3) is 6.92. The van der Waals surface area contributed by atoms with Crippen LogP contribution in [-0.2, 0) is 11.3 Å². The molecule has 1 atom stereocenters. The van der Waals surface area contributed by atoms with Crippen molar-refractivity contribution in [2.75, 3.05) is 53.0 Å². The van der Waals surface area contributed by atoms with Gasteiger partial charge in [0.15, 0.2) is 5.96 Å². The Kier molecular flexibility index (Phi) is 8.55. The second-order valence-electron chi connectivity index (χ2n) is 6.37. The van der Waals surface area contributed by atoms with Crippen LogP contribution in [0.2, 0.25) is 0 Å². The predicted molar refractivity (Wildman–Crippen MR) is 102 cm³/mol. The number of aliphatic imine (C=N–C) groups is 1. The first-order chi connectivity index (χ1) is 12.2. The Hall–Kier alpha value is -1.79. The van der Waals surface area contributed by atoms with E-state index in [0.717, 1.165) is 56.7 Å². The van der Waals surface area contributed by atoms with E-state index in [1.54, 1.807) is 7.05 Å². The van der Waals surface area contributed by atoms with Gasteiger partial charge in [0, 0.05) is 45.3 Å². The van der Waals surface area contributed by atoms with E-state index in [9.17, 15) is 0 Å². The highest BCUT2D eigenvalue weighted by Gasteiger charge is 2.14. The average molecular weight is 348 g/mol. The lowest BCUT2D eigenvalue weighted by Gasteiger charge is -2.29. The summed E-state index contributed by atoms with van der Waals surface area (Å²) in [5.74, 6) is 2.29. The molecule has 1 aliphatic rings. The Morgan fingerprint density at radius 3 is 2.76 bits per heavy atom. The Bertz CT molecular complexity index is 530. The highest BCUT2D eigenvalue weighted by atomic mass is 16.5. The van der Waals surface area contributed by atoms with Crippen molar-refractivity contribution in [1.29, 1.82) is 0 Å². The molecule has 1 aromatic carbocycles. The van der Waals surface area contributed by atoms with Crippen LogP contribution in [0.1, 0.15) is 19.4 Å². The summed E-state index contributed by atoms with van der Waals surface area (Å²) in [6.45, 7) is 11.4. The third-order valence-corrected chi connectivity index (χ3v) is 4.23. The molecule has 6 nitrogen and oxygen atoms in total. The number of guanidine groups is 1. The predicted octanol–water partition coefficient (Wildman–Crippen LogP) is 1.72. The van der Waals surface area contributed by atoms with Crippen molar-refractivity contribution < 1.29 is 9.47 Å². The van der Waals surface area contributed by atoms with Crippen molar-refractivity contribution in [3.05, 3.63) is 29.8 Å². The number of rotatable bonds is 8. The van der Waals surface area contributed by atoms with Gasteiger partial charge in [-0.1, -0.05) is 25.1 Å². The number of hydrogen-bond donors (Lipinski definition) is 2. The molecule has 0 aromatic heterocycles. The molecule has 0 aliphatic carbocycles. The van der Waals surface area contributed by atoms with Crippen molar-refractivity contribution in [2.24, 2.45) is 10.9 Å². The van der Waals surface area contributed by atoms with E-state index in [0.29, 0.717) is 19.1 Å². The highest BCUT2D eigenvalue weighted by molar-refractivity contribution is 5.79. The molecule has 0 spiro atoms. The SMILES string of the molecule is CCOc1ccccc1CNC(=NC)NCC(C)CN1CCOCC1. The molecule has 0 bridgehead atoms. The van der Waals surface area contributed by atoms with Gasteiger partial charge < -0.3 is 20.1 Å². The standard InChI is InChI=1S/C19H32N4O2/c1-4-25-18-8-6-5-7-17(18)14-22-19(20-3)21-13-16(2)15-23-9-11-24-12-10-23/h5-8,16H,4,9-15H2,1-3H3,(H2,20,21,22). The van der Waals surface area contributed by atoms with E-state index in [2.05, 4.69) is 33.5 Å². The third-order valence-electron chi connectivity index (χ3n) is 4.23. The van der Waals surface area contributed by atoms with E-state index < -0.39 is 0 Å². The molecule has 0 radical (unpaired) electrons. The molecule has 1 heterocycles. The number of para-hydroxylation sites is 1. The monoisotopic (exact) mass is 348 g/mol. The van der Waals surface area contributed by atoms with E-state index in [1.165, 1.54) is 0 Å². The van der Waals surface area contributed by atoms with Gasteiger partial charge in [-0.15, -0.1) is 0 Å². The molecule has 0 saturated carbocycles. The Labute approximate surface area is 151 Å². The van der Waals surface area contributed by atoms with Gasteiger partial charge in [-0.05, 0) is 18.9 Å². The first kappa shape index (κ1) is 19.5. The molecule has 2 N–H and O–H groups in total. The topological polar surface area (TPSA) is 58.1 Å². The fraction of sp³-hybridized carbons (Fsp3) is 0.632. The first-order valence-corrected chi connectivity index (χ1v) is 9.18. The summed E-state index contributed by atoms with van der Waals surface area (Å²) in [7, 11) is 1.80. The number of nitrogens with zero attached hydrogens (tertiary/aromatic N) is 2. The number of ether oxygens (including phenoxy) is 2. The minimum atomic E-state index is 0.548. The van der Waals surface area contributed by atoms with Crippen LogP contribution in [0.25, 0.3) is 0 Å². The summed E-state index contributed by atoms with van der Waals surface area (Å²) >= 11 is 0. The van der Waals surface area contributed by atoms with Crippen LogP contribution in [-0.4, -0.2) is 63.9 Å². The van der Waals surface area contributed by atoms with Gasteiger partial charge in [0.1, 0.15) is 5.75 Å². The second kappa shape index (κ2) is 10.9. The largest absolute Gasteiger partial charge is 0.494 e. The Morgan fingerprint density at radius 2 is 2.04 bits per heavy atom. The summed E-state index contributed by atoms with van der Waals surface area (Å²) < 4.78 is 11.1. The van der Waals surface area contributed by atoms with Gasteiger partial charge in [0.25, 0.3) is 0 Å². The molecular formula is C19H32N4O2. The van der Waals surface area contributed by atoms with E-state index >= 15 is 0 Å². The second-order valence-corrected chi connectivity index (χ2v) is 6.37. The number of nitrogens with one attached hydrogen (secondary N) is 2. The summed E-state index contributed by atoms with van der Waals surface area (Å²) in [4.78, 5) is 6.78. The van der Waals surface area contributed by atoms with Crippen molar-refractivity contribution in [3.63, 3.8) is 0 Å². The number of benzene rings is 1. The van der Waals surface area contributed by atoms with Gasteiger partial charge in [-0.3, -0.25) is 9.89 Å². The molecule has 1 unspecified atom stereocenters. The van der Waals surface area contributed by atoms with E-state index in [-0.39, 0.29) is 0 Å². The van der Waals surface area contributed by atoms with Crippen LogP contribution >= 0.6 is 0 Å². The molecule has 1 aliphatic heterocycles. The fourth-order valence-electron chi connectivity index (χ4n) is 2.91. The van der Waals surface area contributed by atoms with Crippen LogP contribution in [0.5, 0.6) is 5.75 Å². The zero-order chi connectivity index (χ0) is 17.9. The minimum Gasteiger partial charge on any atom is -0.494 e. The van der Waals surface area contributed by atoms with Gasteiger partial charge >= 0.3 is 0 Å². The zero-order valence-corrected chi connectivity index (χ0v) is 15.8. The quantitative estimate of drug-likeness (QED) is 0.553. The van der Waals surface area contributed by atoms with Crippen LogP contribution in [0, 0.1) is 5.92 Å². The summed E-state index contributed by atoms with van der Waals surface area (Å²) in [6.07, 6.45) is 0. The maximum Gasteiger partial charge on any atom is 0.191 e. The summed E-state index contributed by atoms with van der Waals surface area (Å²) in [5, 5.41) is 6.79. The van der Waals surface area contributed by atoms with Gasteiger partial charge in [0.05, 0.1) is 19.8 Å². The van der Waals surface area contributed by atoms with Crippen molar-refractivity contribution in [3.8, 4) is 5.75 Å². The molecule has 2 rings (SSSR count). The van der Waals surface area contributed by atoms with Gasteiger partial charge in [-0.25, -0.2) is 0 Å². The van der Waals surface area contributed by atoms with E-state index in [1.807, 2.05) is 25.1 Å². The lowest BCUT2D eigenvalue weighted by Crippen LogP contribution is -2.43. The molecule has 1 aromatic rings. The van der Waals surface area contributed by atoms with Gasteiger partial charge in [-0.2, -0.15) is 0 Å². The van der Waals surface area contributed by atoms with Crippen molar-refractivity contribution in [1.82, 2.24) is 15.5 Å². The fourth-order valence-corrected chi connectivity index (χ4v) is 2.91. The number of hydrogen-bond acceptors (Lipinski definition) is 4. The van der Waals surface area contributed by atoms with Crippen LogP contribution in [0.15, 0.2) is 29.3 Å². The molecule has 0 amide bonds. The Balaban J connectivity index is 1.75. The maximum absolute atomic E-state index is 5.67. The average Bonchev–Trinajstić information content (AvgIpc) is 2.64. The number of morpholine rings is 1. The van der Waals surface area contributed by atoms with Gasteiger partial charge in [0.2, 0.25) is 0 Å². The highest BCUT2D eigenvalue weighted by Crippen LogP contribution is 2.17.